The fourth-order valence-electron chi connectivity index (χ4n) is 4.09. The fourth-order valence-corrected chi connectivity index (χ4v) is 4.89. The Kier molecular flexibility index (Phi) is 8.31. The number of benzene rings is 2. The SMILES string of the molecule is CCOC(=O)c1c(C)cc2nc(COC(=O)NCCO)n(-c3cccc(S(N)(=O)=O)c3C)c(=O)c2c1C. The summed E-state index contributed by atoms with van der Waals surface area (Å²) in [6, 6.07) is 5.79. The van der Waals surface area contributed by atoms with E-state index in [0.717, 1.165) is 4.57 Å². The minimum absolute atomic E-state index is 0.00555. The number of nitrogens with one attached hydrogen (secondary N) is 1. The number of aliphatic hydroxyl groups excluding tert-OH is 1. The molecule has 37 heavy (non-hydrogen) atoms. The monoisotopic (exact) mass is 532 g/mol. The molecule has 0 aliphatic heterocycles. The summed E-state index contributed by atoms with van der Waals surface area (Å²) in [5, 5.41) is 16.7. The molecule has 2 aromatic carbocycles. The van der Waals surface area contributed by atoms with E-state index in [1.807, 2.05) is 0 Å². The summed E-state index contributed by atoms with van der Waals surface area (Å²) in [5.74, 6) is -0.597. The molecule has 0 bridgehead atoms. The maximum absolute atomic E-state index is 13.9. The quantitative estimate of drug-likeness (QED) is 0.361. The van der Waals surface area contributed by atoms with Crippen LogP contribution in [0.5, 0.6) is 0 Å². The standard InChI is InChI=1S/C24H28N4O8S/c1-5-35-23(31)20-13(2)11-16-21(15(20)4)22(30)28(19(27-16)12-36-24(32)26-9-10-29)17-7-6-8-18(14(17)3)37(25,33)34/h6-8,11,29H,5,9-10,12H2,1-4H3,(H,26,32)(H2,25,33,34). The van der Waals surface area contributed by atoms with Crippen molar-refractivity contribution in [3.05, 3.63) is 62.7 Å². The Morgan fingerprint density at radius 3 is 2.49 bits per heavy atom. The molecular weight excluding hydrogens is 504 g/mol. The number of sulfonamides is 1. The van der Waals surface area contributed by atoms with Crippen LogP contribution in [0.1, 0.15) is 39.8 Å². The molecule has 4 N–H and O–H groups in total. The van der Waals surface area contributed by atoms with Gasteiger partial charge in [0.2, 0.25) is 10.0 Å². The van der Waals surface area contributed by atoms with Gasteiger partial charge in [-0.3, -0.25) is 9.36 Å². The zero-order valence-corrected chi connectivity index (χ0v) is 21.6. The number of carbonyl (C=O) groups excluding carboxylic acids is 2. The van der Waals surface area contributed by atoms with Crippen molar-refractivity contribution in [1.29, 1.82) is 0 Å². The molecule has 1 amide bonds. The molecule has 0 spiro atoms. The highest BCUT2D eigenvalue weighted by Crippen LogP contribution is 2.26. The molecule has 13 heteroatoms. The van der Waals surface area contributed by atoms with Crippen molar-refractivity contribution in [2.24, 2.45) is 5.14 Å². The second kappa shape index (κ2) is 11.1. The zero-order valence-electron chi connectivity index (χ0n) is 20.8. The van der Waals surface area contributed by atoms with Crippen molar-refractivity contribution >= 4 is 33.0 Å². The highest BCUT2D eigenvalue weighted by molar-refractivity contribution is 7.89. The minimum atomic E-state index is -4.12. The van der Waals surface area contributed by atoms with Crippen LogP contribution in [0.25, 0.3) is 16.6 Å². The average Bonchev–Trinajstić information content (AvgIpc) is 2.81. The highest BCUT2D eigenvalue weighted by atomic mass is 32.2. The second-order valence-electron chi connectivity index (χ2n) is 8.15. The fraction of sp³-hybridized carbons (Fsp3) is 0.333. The molecule has 0 aliphatic rings. The number of alkyl carbamates (subject to hydrolysis) is 1. The number of rotatable bonds is 8. The van der Waals surface area contributed by atoms with Crippen LogP contribution < -0.4 is 16.0 Å². The van der Waals surface area contributed by atoms with Gasteiger partial charge in [-0.25, -0.2) is 28.1 Å². The number of primary sulfonamides is 1. The van der Waals surface area contributed by atoms with Gasteiger partial charge in [0.1, 0.15) is 0 Å². The molecular formula is C24H28N4O8S. The van der Waals surface area contributed by atoms with Crippen LogP contribution in [0.2, 0.25) is 0 Å². The first-order chi connectivity index (χ1) is 17.4. The normalized spacial score (nSPS) is 11.4. The first-order valence-electron chi connectivity index (χ1n) is 11.3. The second-order valence-corrected chi connectivity index (χ2v) is 9.68. The number of hydrogen-bond donors (Lipinski definition) is 3. The van der Waals surface area contributed by atoms with Crippen LogP contribution in [0, 0.1) is 20.8 Å². The van der Waals surface area contributed by atoms with Gasteiger partial charge in [-0.15, -0.1) is 0 Å². The molecule has 0 fully saturated rings. The summed E-state index contributed by atoms with van der Waals surface area (Å²) in [6.45, 7) is 5.78. The first kappa shape index (κ1) is 27.8. The van der Waals surface area contributed by atoms with E-state index in [9.17, 15) is 22.8 Å². The number of hydrogen-bond acceptors (Lipinski definition) is 9. The average molecular weight is 533 g/mol. The molecule has 3 aromatic rings. The number of aliphatic hydroxyl groups is 1. The Bertz CT molecular complexity index is 1550. The largest absolute Gasteiger partial charge is 0.462 e. The van der Waals surface area contributed by atoms with Crippen molar-refractivity contribution in [3.8, 4) is 5.69 Å². The van der Waals surface area contributed by atoms with Crippen LogP contribution in [0.15, 0.2) is 34.0 Å². The van der Waals surface area contributed by atoms with Gasteiger partial charge < -0.3 is 19.9 Å². The van der Waals surface area contributed by atoms with Crippen molar-refractivity contribution in [3.63, 3.8) is 0 Å². The molecule has 0 unspecified atom stereocenters. The van der Waals surface area contributed by atoms with Gasteiger partial charge in [0, 0.05) is 6.54 Å². The van der Waals surface area contributed by atoms with Crippen LogP contribution in [-0.4, -0.2) is 54.9 Å². The summed E-state index contributed by atoms with van der Waals surface area (Å²) in [5.41, 5.74) is 1.06. The molecule has 0 saturated carbocycles. The van der Waals surface area contributed by atoms with Crippen molar-refractivity contribution in [1.82, 2.24) is 14.9 Å². The number of carbonyl (C=O) groups is 2. The number of aromatic nitrogens is 2. The van der Waals surface area contributed by atoms with Crippen LogP contribution >= 0.6 is 0 Å². The number of nitrogens with two attached hydrogens (primary N) is 1. The molecule has 0 saturated heterocycles. The Labute approximate surface area is 213 Å². The molecule has 0 aliphatic carbocycles. The number of ether oxygens (including phenoxy) is 2. The lowest BCUT2D eigenvalue weighted by Crippen LogP contribution is -2.30. The number of nitrogens with zero attached hydrogens (tertiary/aromatic N) is 2. The van der Waals surface area contributed by atoms with E-state index in [1.54, 1.807) is 26.8 Å². The Morgan fingerprint density at radius 2 is 1.86 bits per heavy atom. The predicted octanol–water partition coefficient (Wildman–Crippen LogP) is 1.35. The third-order valence-corrected chi connectivity index (χ3v) is 6.73. The topological polar surface area (TPSA) is 180 Å². The molecule has 0 radical (unpaired) electrons. The van der Waals surface area contributed by atoms with Crippen LogP contribution in [-0.2, 0) is 26.1 Å². The molecule has 1 aromatic heterocycles. The number of esters is 1. The zero-order chi connectivity index (χ0) is 27.5. The molecule has 198 valence electrons. The van der Waals surface area contributed by atoms with E-state index in [0.29, 0.717) is 11.1 Å². The van der Waals surface area contributed by atoms with E-state index >= 15 is 0 Å². The van der Waals surface area contributed by atoms with Gasteiger partial charge in [0.25, 0.3) is 5.56 Å². The van der Waals surface area contributed by atoms with Gasteiger partial charge in [0.05, 0.1) is 40.3 Å². The summed E-state index contributed by atoms with van der Waals surface area (Å²) in [4.78, 5) is 42.9. The maximum Gasteiger partial charge on any atom is 0.407 e. The minimum Gasteiger partial charge on any atom is -0.462 e. The lowest BCUT2D eigenvalue weighted by molar-refractivity contribution is 0.0524. The van der Waals surface area contributed by atoms with E-state index in [1.165, 1.54) is 25.1 Å². The first-order valence-corrected chi connectivity index (χ1v) is 12.8. The van der Waals surface area contributed by atoms with Gasteiger partial charge in [-0.2, -0.15) is 0 Å². The van der Waals surface area contributed by atoms with E-state index in [-0.39, 0.29) is 58.2 Å². The van der Waals surface area contributed by atoms with Crippen LogP contribution in [0.4, 0.5) is 4.79 Å². The Balaban J connectivity index is 2.36. The number of amides is 1. The number of fused-ring (bicyclic) bond motifs is 1. The molecule has 0 atom stereocenters. The van der Waals surface area contributed by atoms with Crippen molar-refractivity contribution < 1.29 is 32.6 Å². The summed E-state index contributed by atoms with van der Waals surface area (Å²) < 4.78 is 35.7. The summed E-state index contributed by atoms with van der Waals surface area (Å²) >= 11 is 0. The highest BCUT2D eigenvalue weighted by Gasteiger charge is 2.24. The number of aryl methyl sites for hydroxylation is 2. The predicted molar refractivity (Wildman–Crippen MR) is 134 cm³/mol. The van der Waals surface area contributed by atoms with Gasteiger partial charge in [0.15, 0.2) is 12.4 Å². The third-order valence-electron chi connectivity index (χ3n) is 5.67. The molecule has 1 heterocycles. The summed E-state index contributed by atoms with van der Waals surface area (Å²) in [7, 11) is -4.12. The van der Waals surface area contributed by atoms with Crippen molar-refractivity contribution in [2.45, 2.75) is 39.2 Å². The van der Waals surface area contributed by atoms with Gasteiger partial charge in [-0.05, 0) is 62.6 Å². The third kappa shape index (κ3) is 5.63. The Morgan fingerprint density at radius 1 is 1.16 bits per heavy atom. The molecule has 12 nitrogen and oxygen atoms in total. The van der Waals surface area contributed by atoms with Crippen molar-refractivity contribution in [2.75, 3.05) is 19.8 Å². The maximum atomic E-state index is 13.9. The van der Waals surface area contributed by atoms with Gasteiger partial charge >= 0.3 is 12.1 Å². The lowest BCUT2D eigenvalue weighted by atomic mass is 9.98. The molecule has 3 rings (SSSR count). The lowest BCUT2D eigenvalue weighted by Gasteiger charge is -2.19. The van der Waals surface area contributed by atoms with E-state index in [4.69, 9.17) is 19.7 Å². The van der Waals surface area contributed by atoms with Gasteiger partial charge in [-0.1, -0.05) is 6.07 Å². The van der Waals surface area contributed by atoms with E-state index < -0.39 is 34.3 Å². The Hall–Kier alpha value is -3.81. The van der Waals surface area contributed by atoms with E-state index in [2.05, 4.69) is 10.3 Å². The summed E-state index contributed by atoms with van der Waals surface area (Å²) in [6.07, 6.45) is -0.852. The van der Waals surface area contributed by atoms with Crippen LogP contribution in [0.3, 0.4) is 0 Å². The smallest absolute Gasteiger partial charge is 0.407 e.